The summed E-state index contributed by atoms with van der Waals surface area (Å²) in [5.41, 5.74) is 0.674. The van der Waals surface area contributed by atoms with Crippen molar-refractivity contribution in [3.8, 4) is 5.75 Å². The molecule has 3 heteroatoms. The van der Waals surface area contributed by atoms with Crippen molar-refractivity contribution in [2.24, 2.45) is 7.05 Å². The van der Waals surface area contributed by atoms with Crippen LogP contribution in [0.1, 0.15) is 10.4 Å². The van der Waals surface area contributed by atoms with Crippen LogP contribution in [0, 0.1) is 0 Å². The first kappa shape index (κ1) is 12.5. The maximum Gasteiger partial charge on any atom is 0.201 e. The fraction of sp³-hybridized carbons (Fsp3) is 0.118. The van der Waals surface area contributed by atoms with Gasteiger partial charge < -0.3 is 9.30 Å². The van der Waals surface area contributed by atoms with E-state index in [1.165, 1.54) is 0 Å². The molecular formula is C17H15NO2. The van der Waals surface area contributed by atoms with Crippen LogP contribution in [-0.4, -0.2) is 17.0 Å². The fourth-order valence-electron chi connectivity index (χ4n) is 2.16. The van der Waals surface area contributed by atoms with Gasteiger partial charge in [0.25, 0.3) is 0 Å². The Kier molecular flexibility index (Phi) is 3.25. The Bertz CT molecular complexity index is 758. The first-order valence-corrected chi connectivity index (χ1v) is 6.49. The van der Waals surface area contributed by atoms with Crippen molar-refractivity contribution in [3.63, 3.8) is 0 Å². The first-order valence-electron chi connectivity index (χ1n) is 6.49. The van der Waals surface area contributed by atoms with E-state index in [2.05, 4.69) is 0 Å². The molecule has 0 saturated carbocycles. The number of fused-ring (bicyclic) bond motifs is 1. The molecule has 0 radical (unpaired) electrons. The summed E-state index contributed by atoms with van der Waals surface area (Å²) in [6, 6.07) is 15.7. The van der Waals surface area contributed by atoms with E-state index in [4.69, 9.17) is 4.74 Å². The standard InChI is InChI=1S/C17H15NO2/c1-18-9-8-15(11-18)17(19)12-20-16-7-6-13-4-2-3-5-14(13)10-16/h2-11H,12H2,1H3. The molecule has 0 spiro atoms. The second kappa shape index (κ2) is 5.21. The molecule has 0 aliphatic rings. The number of ether oxygens (including phenoxy) is 1. The van der Waals surface area contributed by atoms with E-state index in [0.717, 1.165) is 10.8 Å². The fourth-order valence-corrected chi connectivity index (χ4v) is 2.16. The zero-order chi connectivity index (χ0) is 13.9. The van der Waals surface area contributed by atoms with Crippen LogP contribution in [0.2, 0.25) is 0 Å². The molecule has 2 aromatic carbocycles. The van der Waals surface area contributed by atoms with Gasteiger partial charge in [-0.15, -0.1) is 0 Å². The summed E-state index contributed by atoms with van der Waals surface area (Å²) in [5, 5.41) is 2.27. The summed E-state index contributed by atoms with van der Waals surface area (Å²) in [4.78, 5) is 12.0. The zero-order valence-electron chi connectivity index (χ0n) is 11.2. The van der Waals surface area contributed by atoms with Gasteiger partial charge in [-0.2, -0.15) is 0 Å². The number of nitrogens with zero attached hydrogens (tertiary/aromatic N) is 1. The SMILES string of the molecule is Cn1ccc(C(=O)COc2ccc3ccccc3c2)c1. The molecule has 0 aliphatic heterocycles. The molecule has 0 atom stereocenters. The van der Waals surface area contributed by atoms with Crippen molar-refractivity contribution >= 4 is 16.6 Å². The molecule has 0 N–H and O–H groups in total. The van der Waals surface area contributed by atoms with Gasteiger partial charge in [0, 0.05) is 25.0 Å². The normalized spacial score (nSPS) is 10.7. The van der Waals surface area contributed by atoms with Gasteiger partial charge in [0.15, 0.2) is 6.61 Å². The predicted octanol–water partition coefficient (Wildman–Crippen LogP) is 3.44. The van der Waals surface area contributed by atoms with Crippen molar-refractivity contribution in [2.45, 2.75) is 0 Å². The van der Waals surface area contributed by atoms with E-state index >= 15 is 0 Å². The third-order valence-corrected chi connectivity index (χ3v) is 3.24. The van der Waals surface area contributed by atoms with Crippen LogP contribution < -0.4 is 4.74 Å². The molecule has 0 unspecified atom stereocenters. The molecule has 1 aromatic heterocycles. The highest BCUT2D eigenvalue weighted by atomic mass is 16.5. The van der Waals surface area contributed by atoms with E-state index in [1.54, 1.807) is 12.3 Å². The van der Waals surface area contributed by atoms with Gasteiger partial charge in [0.1, 0.15) is 5.75 Å². The van der Waals surface area contributed by atoms with Crippen LogP contribution in [0.15, 0.2) is 60.9 Å². The average Bonchev–Trinajstić information content (AvgIpc) is 2.91. The number of ketones is 1. The highest BCUT2D eigenvalue weighted by Gasteiger charge is 2.08. The quantitative estimate of drug-likeness (QED) is 0.677. The minimum Gasteiger partial charge on any atom is -0.485 e. The summed E-state index contributed by atoms with van der Waals surface area (Å²) in [6.07, 6.45) is 3.65. The number of hydrogen-bond donors (Lipinski definition) is 0. The van der Waals surface area contributed by atoms with Gasteiger partial charge in [0.05, 0.1) is 0 Å². The highest BCUT2D eigenvalue weighted by molar-refractivity contribution is 5.97. The molecule has 3 aromatic rings. The monoisotopic (exact) mass is 265 g/mol. The van der Waals surface area contributed by atoms with E-state index in [0.29, 0.717) is 11.3 Å². The van der Waals surface area contributed by atoms with Gasteiger partial charge in [-0.05, 0) is 29.0 Å². The minimum atomic E-state index is -0.0150. The summed E-state index contributed by atoms with van der Waals surface area (Å²) in [5.74, 6) is 0.701. The Morgan fingerprint density at radius 1 is 1.10 bits per heavy atom. The van der Waals surface area contributed by atoms with Crippen LogP contribution in [-0.2, 0) is 7.05 Å². The minimum absolute atomic E-state index is 0.0150. The van der Waals surface area contributed by atoms with Crippen molar-refractivity contribution in [2.75, 3.05) is 6.61 Å². The van der Waals surface area contributed by atoms with Crippen LogP contribution in [0.5, 0.6) is 5.75 Å². The number of rotatable bonds is 4. The number of carbonyl (C=O) groups excluding carboxylic acids is 1. The maximum atomic E-state index is 12.0. The molecule has 0 amide bonds. The molecule has 3 rings (SSSR count). The lowest BCUT2D eigenvalue weighted by Crippen LogP contribution is -2.10. The van der Waals surface area contributed by atoms with Gasteiger partial charge in [-0.1, -0.05) is 30.3 Å². The lowest BCUT2D eigenvalue weighted by Gasteiger charge is -2.06. The highest BCUT2D eigenvalue weighted by Crippen LogP contribution is 2.20. The molecule has 0 bridgehead atoms. The number of aromatic nitrogens is 1. The molecule has 0 fully saturated rings. The maximum absolute atomic E-state index is 12.0. The van der Waals surface area contributed by atoms with E-state index in [9.17, 15) is 4.79 Å². The number of Topliss-reactive ketones (excluding diaryl/α,β-unsaturated/α-hetero) is 1. The smallest absolute Gasteiger partial charge is 0.201 e. The molecule has 100 valence electrons. The summed E-state index contributed by atoms with van der Waals surface area (Å²) in [7, 11) is 1.89. The summed E-state index contributed by atoms with van der Waals surface area (Å²) >= 11 is 0. The third kappa shape index (κ3) is 2.57. The van der Waals surface area contributed by atoms with E-state index < -0.39 is 0 Å². The van der Waals surface area contributed by atoms with Crippen LogP contribution in [0.25, 0.3) is 10.8 Å². The van der Waals surface area contributed by atoms with Crippen molar-refractivity contribution in [3.05, 3.63) is 66.5 Å². The number of carbonyl (C=O) groups is 1. The molecule has 1 heterocycles. The lowest BCUT2D eigenvalue weighted by atomic mass is 10.1. The number of hydrogen-bond acceptors (Lipinski definition) is 2. The first-order chi connectivity index (χ1) is 9.72. The molecule has 3 nitrogen and oxygen atoms in total. The summed E-state index contributed by atoms with van der Waals surface area (Å²) < 4.78 is 7.43. The Hall–Kier alpha value is -2.55. The van der Waals surface area contributed by atoms with Crippen molar-refractivity contribution < 1.29 is 9.53 Å². The average molecular weight is 265 g/mol. The molecule has 20 heavy (non-hydrogen) atoms. The Balaban J connectivity index is 1.72. The van der Waals surface area contributed by atoms with Crippen LogP contribution in [0.3, 0.4) is 0 Å². The van der Waals surface area contributed by atoms with E-state index in [1.807, 2.05) is 60.3 Å². The topological polar surface area (TPSA) is 31.2 Å². The number of aryl methyl sites for hydroxylation is 1. The largest absolute Gasteiger partial charge is 0.485 e. The number of benzene rings is 2. The Morgan fingerprint density at radius 3 is 2.65 bits per heavy atom. The van der Waals surface area contributed by atoms with Gasteiger partial charge in [-0.3, -0.25) is 4.79 Å². The van der Waals surface area contributed by atoms with Crippen molar-refractivity contribution in [1.29, 1.82) is 0 Å². The van der Waals surface area contributed by atoms with Crippen LogP contribution >= 0.6 is 0 Å². The van der Waals surface area contributed by atoms with Crippen LogP contribution in [0.4, 0.5) is 0 Å². The molecule has 0 saturated heterocycles. The molecule has 0 aliphatic carbocycles. The Labute approximate surface area is 117 Å². The van der Waals surface area contributed by atoms with Gasteiger partial charge in [-0.25, -0.2) is 0 Å². The van der Waals surface area contributed by atoms with E-state index in [-0.39, 0.29) is 12.4 Å². The molecular weight excluding hydrogens is 250 g/mol. The Morgan fingerprint density at radius 2 is 1.90 bits per heavy atom. The predicted molar refractivity (Wildman–Crippen MR) is 79.2 cm³/mol. The van der Waals surface area contributed by atoms with Gasteiger partial charge in [0.2, 0.25) is 5.78 Å². The third-order valence-electron chi connectivity index (χ3n) is 3.24. The second-order valence-corrected chi connectivity index (χ2v) is 4.79. The van der Waals surface area contributed by atoms with Crippen molar-refractivity contribution in [1.82, 2.24) is 4.57 Å². The van der Waals surface area contributed by atoms with Gasteiger partial charge >= 0.3 is 0 Å². The summed E-state index contributed by atoms with van der Waals surface area (Å²) in [6.45, 7) is 0.0579. The zero-order valence-corrected chi connectivity index (χ0v) is 11.2. The second-order valence-electron chi connectivity index (χ2n) is 4.79. The lowest BCUT2D eigenvalue weighted by molar-refractivity contribution is 0.0921.